The van der Waals surface area contributed by atoms with Crippen molar-refractivity contribution in [1.82, 2.24) is 0 Å². The molecule has 0 aliphatic carbocycles. The Labute approximate surface area is 85.4 Å². The fraction of sp³-hybridized carbons (Fsp3) is 0.333. The summed E-state index contributed by atoms with van der Waals surface area (Å²) in [6.07, 6.45) is 6.80. The molecule has 2 N–H and O–H groups in total. The Morgan fingerprint density at radius 1 is 1.42 bits per heavy atom. The molecule has 3 heteroatoms. The van der Waals surface area contributed by atoms with E-state index in [2.05, 4.69) is 13.2 Å². The van der Waals surface area contributed by atoms with Gasteiger partial charge in [-0.25, -0.2) is 0 Å². The minimum atomic E-state index is -0.0348. The van der Waals surface area contributed by atoms with Crippen LogP contribution in [0.3, 0.4) is 0 Å². The molecule has 0 rings (SSSR count). The van der Waals surface area contributed by atoms with Gasteiger partial charge < -0.3 is 5.73 Å². The Morgan fingerprint density at radius 2 is 2.00 bits per heavy atom. The maximum Gasteiger partial charge on any atom is 0.0569 e. The number of nitrogens with two attached hydrogens (primary N) is 1. The molecule has 0 radical (unpaired) electrons. The maximum absolute atomic E-state index is 5.85. The van der Waals surface area contributed by atoms with Crippen LogP contribution in [0.25, 0.3) is 0 Å². The lowest BCUT2D eigenvalue weighted by atomic mass is 10.2. The maximum atomic E-state index is 5.85. The molecule has 0 saturated heterocycles. The van der Waals surface area contributed by atoms with Gasteiger partial charge >= 0.3 is 0 Å². The van der Waals surface area contributed by atoms with Crippen LogP contribution in [0.2, 0.25) is 0 Å². The van der Waals surface area contributed by atoms with Crippen LogP contribution in [-0.4, -0.2) is 5.38 Å². The summed E-state index contributed by atoms with van der Waals surface area (Å²) in [5, 5.41) is -0.0348. The molecule has 0 aromatic carbocycles. The minimum absolute atomic E-state index is 0. The van der Waals surface area contributed by atoms with Crippen molar-refractivity contribution >= 4 is 24.0 Å². The molecule has 1 nitrogen and oxygen atoms in total. The van der Waals surface area contributed by atoms with Gasteiger partial charge in [0.05, 0.1) is 5.38 Å². The van der Waals surface area contributed by atoms with Crippen LogP contribution in [0.5, 0.6) is 0 Å². The lowest BCUT2D eigenvalue weighted by Gasteiger charge is -2.01. The van der Waals surface area contributed by atoms with Gasteiger partial charge in [0.25, 0.3) is 0 Å². The van der Waals surface area contributed by atoms with E-state index < -0.39 is 0 Å². The fourth-order valence-electron chi connectivity index (χ4n) is 0.694. The number of allylic oxidation sites excluding steroid dienone is 3. The van der Waals surface area contributed by atoms with E-state index in [1.807, 2.05) is 6.08 Å². The number of hydrogen-bond donors (Lipinski definition) is 1. The second-order valence-corrected chi connectivity index (χ2v) is 2.84. The van der Waals surface area contributed by atoms with Crippen molar-refractivity contribution < 1.29 is 0 Å². The highest BCUT2D eigenvalue weighted by molar-refractivity contribution is 6.21. The highest BCUT2D eigenvalue weighted by Crippen LogP contribution is 2.07. The van der Waals surface area contributed by atoms with E-state index in [-0.39, 0.29) is 17.8 Å². The van der Waals surface area contributed by atoms with Crippen LogP contribution in [0.1, 0.15) is 12.8 Å². The van der Waals surface area contributed by atoms with E-state index in [0.717, 1.165) is 12.1 Å². The van der Waals surface area contributed by atoms with Crippen LogP contribution >= 0.6 is 24.0 Å². The van der Waals surface area contributed by atoms with Gasteiger partial charge in [0.15, 0.2) is 0 Å². The Kier molecular flexibility index (Phi) is 10.2. The van der Waals surface area contributed by atoms with Crippen molar-refractivity contribution in [1.29, 1.82) is 0 Å². The highest BCUT2D eigenvalue weighted by Gasteiger charge is 1.97. The second kappa shape index (κ2) is 8.69. The van der Waals surface area contributed by atoms with Crippen LogP contribution in [0.15, 0.2) is 37.1 Å². The van der Waals surface area contributed by atoms with Gasteiger partial charge in [-0.3, -0.25) is 0 Å². The molecule has 0 aromatic rings. The molecular formula is C9H15Cl2N. The quantitative estimate of drug-likeness (QED) is 0.545. The number of rotatable bonds is 5. The Morgan fingerprint density at radius 3 is 2.42 bits per heavy atom. The van der Waals surface area contributed by atoms with E-state index >= 15 is 0 Å². The number of alkyl halides is 1. The van der Waals surface area contributed by atoms with Gasteiger partial charge in [-0.15, -0.1) is 37.2 Å². The third-order valence-corrected chi connectivity index (χ3v) is 1.47. The molecule has 0 aliphatic heterocycles. The summed E-state index contributed by atoms with van der Waals surface area (Å²) in [5.41, 5.74) is 6.35. The fourth-order valence-corrected chi connectivity index (χ4v) is 0.982. The summed E-state index contributed by atoms with van der Waals surface area (Å²) in [5.74, 6) is 0. The average Bonchev–Trinajstić information content (AvgIpc) is 1.87. The van der Waals surface area contributed by atoms with E-state index in [9.17, 15) is 0 Å². The van der Waals surface area contributed by atoms with E-state index in [1.165, 1.54) is 0 Å². The minimum Gasteiger partial charge on any atom is -0.402 e. The monoisotopic (exact) mass is 207 g/mol. The third kappa shape index (κ3) is 7.70. The smallest absolute Gasteiger partial charge is 0.0569 e. The normalized spacial score (nSPS) is 12.9. The Balaban J connectivity index is 0. The highest BCUT2D eigenvalue weighted by atomic mass is 35.5. The molecule has 12 heavy (non-hydrogen) atoms. The molecule has 0 spiro atoms. The first kappa shape index (κ1) is 14.1. The van der Waals surface area contributed by atoms with E-state index in [0.29, 0.717) is 6.42 Å². The van der Waals surface area contributed by atoms with Gasteiger partial charge in [-0.1, -0.05) is 12.2 Å². The van der Waals surface area contributed by atoms with Gasteiger partial charge in [-0.2, -0.15) is 0 Å². The van der Waals surface area contributed by atoms with Crippen molar-refractivity contribution in [2.24, 2.45) is 5.73 Å². The molecule has 0 heterocycles. The summed E-state index contributed by atoms with van der Waals surface area (Å²) >= 11 is 5.85. The SMILES string of the molecule is C=CCC(N)=CC(Cl)CC=C.Cl. The average molecular weight is 208 g/mol. The molecule has 1 unspecified atom stereocenters. The zero-order valence-electron chi connectivity index (χ0n) is 7.00. The molecule has 1 atom stereocenters. The topological polar surface area (TPSA) is 26.0 Å². The predicted octanol–water partition coefficient (Wildman–Crippen LogP) is 3.01. The van der Waals surface area contributed by atoms with Gasteiger partial charge in [0.1, 0.15) is 0 Å². The molecule has 70 valence electrons. The van der Waals surface area contributed by atoms with Gasteiger partial charge in [0, 0.05) is 12.1 Å². The molecule has 0 aromatic heterocycles. The number of hydrogen-bond acceptors (Lipinski definition) is 1. The first-order valence-electron chi connectivity index (χ1n) is 3.52. The zero-order valence-corrected chi connectivity index (χ0v) is 8.57. The predicted molar refractivity (Wildman–Crippen MR) is 58.8 cm³/mol. The van der Waals surface area contributed by atoms with Crippen molar-refractivity contribution in [3.05, 3.63) is 37.1 Å². The van der Waals surface area contributed by atoms with Crippen molar-refractivity contribution in [2.75, 3.05) is 0 Å². The summed E-state index contributed by atoms with van der Waals surface area (Å²) < 4.78 is 0. The summed E-state index contributed by atoms with van der Waals surface area (Å²) in [6.45, 7) is 7.15. The largest absolute Gasteiger partial charge is 0.402 e. The molecule has 0 aliphatic rings. The zero-order chi connectivity index (χ0) is 8.69. The van der Waals surface area contributed by atoms with Gasteiger partial charge in [-0.05, 0) is 12.5 Å². The summed E-state index contributed by atoms with van der Waals surface area (Å²) in [6, 6.07) is 0. The van der Waals surface area contributed by atoms with E-state index in [1.54, 1.807) is 12.2 Å². The first-order chi connectivity index (χ1) is 5.20. The lowest BCUT2D eigenvalue weighted by Crippen LogP contribution is -2.00. The molecular weight excluding hydrogens is 193 g/mol. The Hall–Kier alpha value is -0.400. The second-order valence-electron chi connectivity index (χ2n) is 2.27. The van der Waals surface area contributed by atoms with Crippen LogP contribution in [-0.2, 0) is 0 Å². The van der Waals surface area contributed by atoms with Crippen LogP contribution in [0.4, 0.5) is 0 Å². The molecule has 0 fully saturated rings. The van der Waals surface area contributed by atoms with Crippen molar-refractivity contribution in [3.8, 4) is 0 Å². The molecule has 0 amide bonds. The molecule has 0 bridgehead atoms. The van der Waals surface area contributed by atoms with Crippen LogP contribution in [0, 0.1) is 0 Å². The molecule has 0 saturated carbocycles. The lowest BCUT2D eigenvalue weighted by molar-refractivity contribution is 1.02. The summed E-state index contributed by atoms with van der Waals surface area (Å²) in [4.78, 5) is 0. The van der Waals surface area contributed by atoms with E-state index in [4.69, 9.17) is 17.3 Å². The Bertz CT molecular complexity index is 164. The number of halogens is 2. The van der Waals surface area contributed by atoms with Crippen molar-refractivity contribution in [2.45, 2.75) is 18.2 Å². The van der Waals surface area contributed by atoms with Crippen LogP contribution < -0.4 is 5.73 Å². The third-order valence-electron chi connectivity index (χ3n) is 1.17. The first-order valence-corrected chi connectivity index (χ1v) is 3.96. The summed E-state index contributed by atoms with van der Waals surface area (Å²) in [7, 11) is 0. The standard InChI is InChI=1S/C9H14ClN.ClH/c1-3-5-8(10)7-9(11)6-4-2;/h3-4,7-8H,1-2,5-6,11H2;1H. The van der Waals surface area contributed by atoms with Crippen molar-refractivity contribution in [3.63, 3.8) is 0 Å². The van der Waals surface area contributed by atoms with Gasteiger partial charge in [0.2, 0.25) is 0 Å².